The first-order chi connectivity index (χ1) is 22.8. The number of terminal acetylenes is 1. The molecule has 47 heavy (non-hydrogen) atoms. The maximum absolute atomic E-state index is 14.5. The minimum atomic E-state index is -0.350. The number of allylic oxidation sites excluding steroid dienone is 1. The molecule has 0 bridgehead atoms. The summed E-state index contributed by atoms with van der Waals surface area (Å²) in [7, 11) is 0. The summed E-state index contributed by atoms with van der Waals surface area (Å²) in [5.74, 6) is 3.14. The van der Waals surface area contributed by atoms with E-state index < -0.39 is 0 Å². The Morgan fingerprint density at radius 2 is 1.89 bits per heavy atom. The van der Waals surface area contributed by atoms with Gasteiger partial charge in [0.1, 0.15) is 5.82 Å². The second-order valence-corrected chi connectivity index (χ2v) is 13.9. The molecule has 246 valence electrons. The highest BCUT2D eigenvalue weighted by Gasteiger charge is 2.27. The average Bonchev–Trinajstić information content (AvgIpc) is 3.69. The Balaban J connectivity index is 1.66. The van der Waals surface area contributed by atoms with Crippen molar-refractivity contribution in [2.24, 2.45) is 5.92 Å². The number of fused-ring (bicyclic) bond motifs is 1. The van der Waals surface area contributed by atoms with E-state index in [0.717, 1.165) is 48.0 Å². The van der Waals surface area contributed by atoms with E-state index >= 15 is 0 Å². The van der Waals surface area contributed by atoms with E-state index in [1.807, 2.05) is 17.8 Å². The minimum absolute atomic E-state index is 0.294. The zero-order valence-corrected chi connectivity index (χ0v) is 29.7. The van der Waals surface area contributed by atoms with Gasteiger partial charge in [-0.2, -0.15) is 0 Å². The van der Waals surface area contributed by atoms with Crippen LogP contribution in [0.3, 0.4) is 0 Å². The molecule has 0 saturated carbocycles. The van der Waals surface area contributed by atoms with Crippen LogP contribution in [0.1, 0.15) is 107 Å². The van der Waals surface area contributed by atoms with Gasteiger partial charge in [0.2, 0.25) is 0 Å². The second-order valence-electron chi connectivity index (χ2n) is 13.1. The van der Waals surface area contributed by atoms with Gasteiger partial charge in [0.25, 0.3) is 0 Å². The van der Waals surface area contributed by atoms with E-state index in [-0.39, 0.29) is 5.82 Å². The molecule has 5 rings (SSSR count). The molecule has 2 atom stereocenters. The van der Waals surface area contributed by atoms with Crippen molar-refractivity contribution < 1.29 is 4.39 Å². The van der Waals surface area contributed by atoms with Crippen LogP contribution in [-0.2, 0) is 13.0 Å². The number of unbranched alkanes of at least 4 members (excludes halogenated alkanes) is 1. The lowest BCUT2D eigenvalue weighted by atomic mass is 9.86. The van der Waals surface area contributed by atoms with Gasteiger partial charge in [-0.3, -0.25) is 4.98 Å². The predicted molar refractivity (Wildman–Crippen MR) is 200 cm³/mol. The number of pyridine rings is 1. The summed E-state index contributed by atoms with van der Waals surface area (Å²) in [6.07, 6.45) is 21.3. The Hall–Kier alpha value is -3.75. The molecule has 2 aromatic heterocycles. The zero-order chi connectivity index (χ0) is 33.5. The second kappa shape index (κ2) is 15.9. The third-order valence-corrected chi connectivity index (χ3v) is 10.6. The molecule has 2 aromatic carbocycles. The van der Waals surface area contributed by atoms with Crippen LogP contribution in [0.5, 0.6) is 0 Å². The van der Waals surface area contributed by atoms with Crippen LogP contribution in [0, 0.1) is 24.1 Å². The van der Waals surface area contributed by atoms with Crippen LogP contribution in [0.15, 0.2) is 71.9 Å². The molecule has 0 spiro atoms. The van der Waals surface area contributed by atoms with E-state index in [1.165, 1.54) is 70.7 Å². The molecule has 5 heteroatoms. The van der Waals surface area contributed by atoms with Gasteiger partial charge in [0.05, 0.1) is 11.3 Å². The Bertz CT molecular complexity index is 1810. The van der Waals surface area contributed by atoms with Gasteiger partial charge in [-0.15, -0.1) is 18.2 Å². The summed E-state index contributed by atoms with van der Waals surface area (Å²) in [6.45, 7) is 14.8. The topological polar surface area (TPSA) is 29.9 Å². The van der Waals surface area contributed by atoms with Gasteiger partial charge in [-0.05, 0) is 90.5 Å². The number of nitrogens with one attached hydrogen (secondary N) is 1. The van der Waals surface area contributed by atoms with Gasteiger partial charge in [-0.25, -0.2) is 4.39 Å². The molecule has 0 saturated heterocycles. The fourth-order valence-electron chi connectivity index (χ4n) is 7.08. The normalized spacial score (nSPS) is 14.2. The SMILES string of the molecule is C#Cc1ccc(Cn2ccc3cc(-c4c(SC)c(C(C)CCCC)nc(CCC(CC)CCC)c4C4=CC(=C)NC4)ccc32)cc1F. The molecule has 1 aliphatic heterocycles. The molecule has 3 nitrogen and oxygen atoms in total. The molecule has 2 unspecified atom stereocenters. The first-order valence-electron chi connectivity index (χ1n) is 17.4. The lowest BCUT2D eigenvalue weighted by molar-refractivity contribution is 0.430. The quantitative estimate of drug-likeness (QED) is 0.103. The van der Waals surface area contributed by atoms with Gasteiger partial charge in [0, 0.05) is 57.6 Å². The van der Waals surface area contributed by atoms with E-state index in [9.17, 15) is 4.39 Å². The average molecular weight is 648 g/mol. The summed E-state index contributed by atoms with van der Waals surface area (Å²) in [5.41, 5.74) is 10.8. The van der Waals surface area contributed by atoms with Crippen molar-refractivity contribution in [3.63, 3.8) is 0 Å². The van der Waals surface area contributed by atoms with E-state index in [4.69, 9.17) is 11.4 Å². The number of thioether (sulfide) groups is 1. The highest BCUT2D eigenvalue weighted by Crippen LogP contribution is 2.44. The molecule has 1 aliphatic rings. The lowest BCUT2D eigenvalue weighted by Gasteiger charge is -2.25. The van der Waals surface area contributed by atoms with Gasteiger partial charge >= 0.3 is 0 Å². The first kappa shape index (κ1) is 34.6. The van der Waals surface area contributed by atoms with Crippen molar-refractivity contribution in [3.05, 3.63) is 101 Å². The van der Waals surface area contributed by atoms with Crippen LogP contribution in [0.25, 0.3) is 27.6 Å². The number of rotatable bonds is 15. The Labute approximate surface area is 286 Å². The molecular weight excluding hydrogens is 598 g/mol. The summed E-state index contributed by atoms with van der Waals surface area (Å²) in [5, 5.41) is 4.64. The number of hydrogen-bond donors (Lipinski definition) is 1. The predicted octanol–water partition coefficient (Wildman–Crippen LogP) is 11.1. The maximum atomic E-state index is 14.5. The van der Waals surface area contributed by atoms with E-state index in [1.54, 1.807) is 12.1 Å². The third kappa shape index (κ3) is 7.71. The molecule has 0 aliphatic carbocycles. The number of benzene rings is 2. The van der Waals surface area contributed by atoms with Crippen molar-refractivity contribution in [1.29, 1.82) is 0 Å². The molecule has 0 amide bonds. The van der Waals surface area contributed by atoms with Gasteiger partial charge in [0.15, 0.2) is 0 Å². The summed E-state index contributed by atoms with van der Waals surface area (Å²) in [6, 6.07) is 14.1. The molecular formula is C42H50FN3S. The van der Waals surface area contributed by atoms with Crippen LogP contribution >= 0.6 is 11.8 Å². The fourth-order valence-corrected chi connectivity index (χ4v) is 7.96. The Morgan fingerprint density at radius 3 is 2.55 bits per heavy atom. The minimum Gasteiger partial charge on any atom is -0.381 e. The number of hydrogen-bond acceptors (Lipinski definition) is 3. The number of nitrogens with zero attached hydrogens (tertiary/aromatic N) is 2. The highest BCUT2D eigenvalue weighted by atomic mass is 32.2. The maximum Gasteiger partial charge on any atom is 0.139 e. The number of aromatic nitrogens is 2. The molecule has 0 radical (unpaired) electrons. The lowest BCUT2D eigenvalue weighted by Crippen LogP contribution is -2.13. The third-order valence-electron chi connectivity index (χ3n) is 9.76. The van der Waals surface area contributed by atoms with Crippen LogP contribution in [0.4, 0.5) is 4.39 Å². The summed E-state index contributed by atoms with van der Waals surface area (Å²) >= 11 is 1.83. The fraction of sp³-hybridized carbons (Fsp3) is 0.405. The molecule has 4 aromatic rings. The summed E-state index contributed by atoms with van der Waals surface area (Å²) in [4.78, 5) is 6.87. The molecule has 1 N–H and O–H groups in total. The smallest absolute Gasteiger partial charge is 0.139 e. The summed E-state index contributed by atoms with van der Waals surface area (Å²) < 4.78 is 16.7. The Morgan fingerprint density at radius 1 is 1.06 bits per heavy atom. The van der Waals surface area contributed by atoms with Crippen LogP contribution in [0.2, 0.25) is 0 Å². The zero-order valence-electron chi connectivity index (χ0n) is 28.9. The van der Waals surface area contributed by atoms with Crippen LogP contribution in [-0.4, -0.2) is 22.4 Å². The molecule has 3 heterocycles. The first-order valence-corrected chi connectivity index (χ1v) is 18.6. The number of halogens is 1. The number of aryl methyl sites for hydroxylation is 1. The monoisotopic (exact) mass is 647 g/mol. The van der Waals surface area contributed by atoms with Crippen molar-refractivity contribution in [1.82, 2.24) is 14.9 Å². The van der Waals surface area contributed by atoms with Crippen molar-refractivity contribution in [2.45, 2.75) is 96.4 Å². The molecule has 0 fully saturated rings. The van der Waals surface area contributed by atoms with E-state index in [2.05, 4.69) is 92.9 Å². The van der Waals surface area contributed by atoms with Crippen molar-refractivity contribution in [2.75, 3.05) is 12.8 Å². The standard InChI is InChI=1S/C42H50FN3S/c1-8-12-14-28(5)41-42(47-7)40(39(35-23-29(6)44-26-35)37(45-41)19-16-30(10-3)13-9-2)34-18-20-38-33(25-34)21-22-46(38)27-31-15-17-32(11-4)36(43)24-31/h4,15,17-18,20-25,28,30,44H,6,8-10,12-14,16,19,26-27H2,1-3,5,7H3. The van der Waals surface area contributed by atoms with E-state index in [0.29, 0.717) is 23.9 Å². The van der Waals surface area contributed by atoms with Gasteiger partial charge < -0.3 is 9.88 Å². The van der Waals surface area contributed by atoms with Gasteiger partial charge in [-0.1, -0.05) is 84.4 Å². The highest BCUT2D eigenvalue weighted by molar-refractivity contribution is 7.98. The van der Waals surface area contributed by atoms with Crippen LogP contribution < -0.4 is 5.32 Å². The Kier molecular flexibility index (Phi) is 11.7. The van der Waals surface area contributed by atoms with Crippen molar-refractivity contribution in [3.8, 4) is 23.5 Å². The van der Waals surface area contributed by atoms with Crippen molar-refractivity contribution >= 4 is 28.2 Å². The largest absolute Gasteiger partial charge is 0.381 e.